The number of nitrogens with zero attached hydrogens (tertiary/aromatic N) is 2. The third-order valence-electron chi connectivity index (χ3n) is 3.20. The van der Waals surface area contributed by atoms with Crippen LogP contribution in [0, 0.1) is 18.6 Å². The van der Waals surface area contributed by atoms with Crippen molar-refractivity contribution in [1.29, 1.82) is 0 Å². The van der Waals surface area contributed by atoms with Gasteiger partial charge >= 0.3 is 0 Å². The summed E-state index contributed by atoms with van der Waals surface area (Å²) in [6, 6.07) is 3.57. The van der Waals surface area contributed by atoms with Gasteiger partial charge in [-0.2, -0.15) is 5.10 Å². The lowest BCUT2D eigenvalue weighted by Crippen LogP contribution is -2.26. The fourth-order valence-electron chi connectivity index (χ4n) is 2.19. The second-order valence-electron chi connectivity index (χ2n) is 4.89. The van der Waals surface area contributed by atoms with Crippen molar-refractivity contribution in [2.75, 3.05) is 0 Å². The number of aromatic nitrogens is 2. The highest BCUT2D eigenvalue weighted by atomic mass is 35.5. The third-order valence-corrected chi connectivity index (χ3v) is 3.69. The number of rotatable bonds is 4. The number of hydrogen-bond donors (Lipinski definition) is 1. The molecule has 1 aromatic carbocycles. The van der Waals surface area contributed by atoms with Crippen LogP contribution in [0.25, 0.3) is 0 Å². The second kappa shape index (κ2) is 5.89. The maximum atomic E-state index is 13.1. The van der Waals surface area contributed by atoms with Gasteiger partial charge < -0.3 is 5.73 Å². The average molecular weight is 300 g/mol. The maximum absolute atomic E-state index is 13.1. The van der Waals surface area contributed by atoms with Crippen LogP contribution in [0.15, 0.2) is 18.2 Å². The van der Waals surface area contributed by atoms with Gasteiger partial charge in [-0.3, -0.25) is 4.68 Å². The summed E-state index contributed by atoms with van der Waals surface area (Å²) in [4.78, 5) is 0. The van der Waals surface area contributed by atoms with Gasteiger partial charge in [0.15, 0.2) is 11.6 Å². The van der Waals surface area contributed by atoms with Crippen LogP contribution in [0.2, 0.25) is 5.02 Å². The zero-order valence-electron chi connectivity index (χ0n) is 11.3. The molecular weight excluding hydrogens is 284 g/mol. The molecule has 0 fully saturated rings. The van der Waals surface area contributed by atoms with Gasteiger partial charge in [-0.15, -0.1) is 0 Å². The summed E-state index contributed by atoms with van der Waals surface area (Å²) >= 11 is 6.16. The van der Waals surface area contributed by atoms with E-state index in [2.05, 4.69) is 5.10 Å². The lowest BCUT2D eigenvalue weighted by molar-refractivity contribution is 0.505. The van der Waals surface area contributed by atoms with Crippen molar-refractivity contribution >= 4 is 11.6 Å². The van der Waals surface area contributed by atoms with Crippen LogP contribution in [0.4, 0.5) is 8.78 Å². The molecule has 0 saturated heterocycles. The summed E-state index contributed by atoms with van der Waals surface area (Å²) in [6.45, 7) is 1.83. The van der Waals surface area contributed by atoms with Gasteiger partial charge in [0.25, 0.3) is 0 Å². The quantitative estimate of drug-likeness (QED) is 0.943. The molecule has 1 heterocycles. The fourth-order valence-corrected chi connectivity index (χ4v) is 2.43. The van der Waals surface area contributed by atoms with Gasteiger partial charge in [-0.05, 0) is 31.0 Å². The Morgan fingerprint density at radius 1 is 1.30 bits per heavy atom. The minimum atomic E-state index is -0.857. The Kier molecular flexibility index (Phi) is 4.40. The lowest BCUT2D eigenvalue weighted by Gasteiger charge is -2.12. The molecule has 1 atom stereocenters. The maximum Gasteiger partial charge on any atom is 0.159 e. The molecule has 0 radical (unpaired) electrons. The molecule has 108 valence electrons. The molecule has 2 aromatic rings. The van der Waals surface area contributed by atoms with Crippen LogP contribution in [0.1, 0.15) is 17.0 Å². The molecule has 0 aliphatic rings. The smallest absolute Gasteiger partial charge is 0.159 e. The van der Waals surface area contributed by atoms with Crippen molar-refractivity contribution in [1.82, 2.24) is 9.78 Å². The largest absolute Gasteiger partial charge is 0.327 e. The first-order valence-corrected chi connectivity index (χ1v) is 6.63. The first-order chi connectivity index (χ1) is 9.38. The van der Waals surface area contributed by atoms with Crippen LogP contribution in [-0.4, -0.2) is 15.8 Å². The number of nitrogens with two attached hydrogens (primary N) is 1. The summed E-state index contributed by atoms with van der Waals surface area (Å²) < 4.78 is 27.7. The second-order valence-corrected chi connectivity index (χ2v) is 5.26. The van der Waals surface area contributed by atoms with Crippen molar-refractivity contribution in [2.45, 2.75) is 25.8 Å². The Morgan fingerprint density at radius 3 is 2.55 bits per heavy atom. The van der Waals surface area contributed by atoms with E-state index in [1.165, 1.54) is 12.1 Å². The Balaban J connectivity index is 2.08. The molecule has 0 spiro atoms. The number of aryl methyl sites for hydroxylation is 2. The third kappa shape index (κ3) is 3.16. The molecule has 1 unspecified atom stereocenters. The van der Waals surface area contributed by atoms with Crippen molar-refractivity contribution in [3.05, 3.63) is 51.8 Å². The molecule has 0 amide bonds. The van der Waals surface area contributed by atoms with E-state index in [1.54, 1.807) is 11.7 Å². The van der Waals surface area contributed by atoms with Crippen LogP contribution < -0.4 is 5.73 Å². The Morgan fingerprint density at radius 2 is 2.00 bits per heavy atom. The van der Waals surface area contributed by atoms with Crippen LogP contribution >= 0.6 is 11.6 Å². The van der Waals surface area contributed by atoms with Crippen molar-refractivity contribution < 1.29 is 8.78 Å². The van der Waals surface area contributed by atoms with Gasteiger partial charge in [-0.25, -0.2) is 8.78 Å². The Hall–Kier alpha value is -1.46. The van der Waals surface area contributed by atoms with E-state index < -0.39 is 11.6 Å². The average Bonchev–Trinajstić information content (AvgIpc) is 2.61. The molecule has 20 heavy (non-hydrogen) atoms. The minimum Gasteiger partial charge on any atom is -0.327 e. The highest BCUT2D eigenvalue weighted by Gasteiger charge is 2.15. The van der Waals surface area contributed by atoms with Gasteiger partial charge in [0.2, 0.25) is 0 Å². The predicted molar refractivity (Wildman–Crippen MR) is 74.7 cm³/mol. The number of benzene rings is 1. The van der Waals surface area contributed by atoms with Gasteiger partial charge in [0, 0.05) is 19.5 Å². The Labute approximate surface area is 121 Å². The lowest BCUT2D eigenvalue weighted by atomic mass is 10.0. The highest BCUT2D eigenvalue weighted by molar-refractivity contribution is 6.31. The Bertz CT molecular complexity index is 625. The molecule has 0 aliphatic carbocycles. The highest BCUT2D eigenvalue weighted by Crippen LogP contribution is 2.21. The van der Waals surface area contributed by atoms with E-state index in [-0.39, 0.29) is 6.04 Å². The molecule has 2 N–H and O–H groups in total. The first-order valence-electron chi connectivity index (χ1n) is 6.26. The van der Waals surface area contributed by atoms with E-state index in [1.807, 2.05) is 6.92 Å². The van der Waals surface area contributed by atoms with Crippen LogP contribution in [-0.2, 0) is 19.9 Å². The molecule has 3 nitrogen and oxygen atoms in total. The number of halogens is 3. The van der Waals surface area contributed by atoms with Gasteiger partial charge in [0.05, 0.1) is 16.4 Å². The van der Waals surface area contributed by atoms with E-state index in [9.17, 15) is 8.78 Å². The van der Waals surface area contributed by atoms with E-state index in [4.69, 9.17) is 17.3 Å². The molecule has 6 heteroatoms. The number of hydrogen-bond acceptors (Lipinski definition) is 2. The van der Waals surface area contributed by atoms with E-state index in [0.717, 1.165) is 17.5 Å². The first kappa shape index (κ1) is 14.9. The van der Waals surface area contributed by atoms with Crippen molar-refractivity contribution in [3.8, 4) is 0 Å². The van der Waals surface area contributed by atoms with Crippen LogP contribution in [0.3, 0.4) is 0 Å². The van der Waals surface area contributed by atoms with Gasteiger partial charge in [0.1, 0.15) is 0 Å². The van der Waals surface area contributed by atoms with E-state index in [0.29, 0.717) is 23.4 Å². The molecular formula is C14H16ClF2N3. The summed E-state index contributed by atoms with van der Waals surface area (Å²) in [7, 11) is 1.80. The van der Waals surface area contributed by atoms with Crippen molar-refractivity contribution in [2.24, 2.45) is 12.8 Å². The monoisotopic (exact) mass is 299 g/mol. The predicted octanol–water partition coefficient (Wildman–Crippen LogP) is 2.77. The summed E-state index contributed by atoms with van der Waals surface area (Å²) in [6.07, 6.45) is 0.965. The minimum absolute atomic E-state index is 0.243. The zero-order valence-corrected chi connectivity index (χ0v) is 12.1. The summed E-state index contributed by atoms with van der Waals surface area (Å²) in [5.74, 6) is -1.71. The van der Waals surface area contributed by atoms with Gasteiger partial charge in [-0.1, -0.05) is 17.7 Å². The van der Waals surface area contributed by atoms with Crippen molar-refractivity contribution in [3.63, 3.8) is 0 Å². The molecule has 2 rings (SSSR count). The fraction of sp³-hybridized carbons (Fsp3) is 0.357. The molecule has 0 bridgehead atoms. The SMILES string of the molecule is Cc1nn(C)c(CC(N)Cc2ccc(F)c(F)c2)c1Cl. The topological polar surface area (TPSA) is 43.8 Å². The normalized spacial score (nSPS) is 12.7. The molecule has 1 aromatic heterocycles. The summed E-state index contributed by atoms with van der Waals surface area (Å²) in [5, 5.41) is 4.82. The standard InChI is InChI=1S/C14H16ClF2N3/c1-8-14(15)13(20(2)19-8)7-10(18)5-9-3-4-11(16)12(17)6-9/h3-4,6,10H,5,7,18H2,1-2H3. The molecule has 0 saturated carbocycles. The zero-order chi connectivity index (χ0) is 14.9. The summed E-state index contributed by atoms with van der Waals surface area (Å²) in [5.41, 5.74) is 8.32. The van der Waals surface area contributed by atoms with E-state index >= 15 is 0 Å². The van der Waals surface area contributed by atoms with Crippen LogP contribution in [0.5, 0.6) is 0 Å². The molecule has 0 aliphatic heterocycles.